The van der Waals surface area contributed by atoms with E-state index in [4.69, 9.17) is 23.7 Å². The van der Waals surface area contributed by atoms with Gasteiger partial charge in [-0.2, -0.15) is 0 Å². The van der Waals surface area contributed by atoms with Crippen LogP contribution in [0.15, 0.2) is 48.5 Å². The summed E-state index contributed by atoms with van der Waals surface area (Å²) < 4.78 is 27.7. The maximum atomic E-state index is 13.6. The van der Waals surface area contributed by atoms with Gasteiger partial charge in [-0.05, 0) is 91.6 Å². The van der Waals surface area contributed by atoms with Crippen molar-refractivity contribution in [1.29, 1.82) is 0 Å². The van der Waals surface area contributed by atoms with E-state index in [2.05, 4.69) is 0 Å². The average Bonchev–Trinajstić information content (AvgIpc) is 2.86. The number of ether oxygens (including phenoxy) is 5. The molecule has 0 bridgehead atoms. The zero-order valence-electron chi connectivity index (χ0n) is 26.9. The zero-order valence-corrected chi connectivity index (χ0v) is 26.9. The lowest BCUT2D eigenvalue weighted by Crippen LogP contribution is -2.50. The van der Waals surface area contributed by atoms with Gasteiger partial charge in [0.05, 0.1) is 25.6 Å². The molecule has 0 aliphatic heterocycles. The molecule has 1 amide bonds. The highest BCUT2D eigenvalue weighted by molar-refractivity contribution is 5.90. The highest BCUT2D eigenvalue weighted by atomic mass is 16.6. The summed E-state index contributed by atoms with van der Waals surface area (Å²) >= 11 is 0. The third-order valence-electron chi connectivity index (χ3n) is 5.45. The summed E-state index contributed by atoms with van der Waals surface area (Å²) in [6, 6.07) is 12.8. The molecule has 10 nitrogen and oxygen atoms in total. The molecule has 43 heavy (non-hydrogen) atoms. The number of rotatable bonds is 10. The SMILES string of the molecule is COC(=O)c1cc(CN(C(=O)OC(C)(C)C)C(CC(=O)OC(C)(C)C)C(=O)OC(C)(C)C)cc(OCc2ccccc2)c1. The summed E-state index contributed by atoms with van der Waals surface area (Å²) in [6.45, 7) is 15.2. The van der Waals surface area contributed by atoms with Crippen LogP contribution in [0.2, 0.25) is 0 Å². The molecule has 0 fully saturated rings. The van der Waals surface area contributed by atoms with Crippen molar-refractivity contribution in [1.82, 2.24) is 4.90 Å². The fourth-order valence-corrected chi connectivity index (χ4v) is 3.86. The molecule has 2 aromatic rings. The van der Waals surface area contributed by atoms with E-state index in [0.29, 0.717) is 11.3 Å². The van der Waals surface area contributed by atoms with Crippen molar-refractivity contribution in [3.05, 3.63) is 65.2 Å². The van der Waals surface area contributed by atoms with Gasteiger partial charge in [0.25, 0.3) is 0 Å². The highest BCUT2D eigenvalue weighted by Gasteiger charge is 2.38. The molecule has 0 aliphatic carbocycles. The maximum absolute atomic E-state index is 13.6. The minimum absolute atomic E-state index is 0.174. The van der Waals surface area contributed by atoms with Gasteiger partial charge in [-0.15, -0.1) is 0 Å². The first-order valence-corrected chi connectivity index (χ1v) is 14.1. The lowest BCUT2D eigenvalue weighted by atomic mass is 10.1. The van der Waals surface area contributed by atoms with Crippen LogP contribution in [0.25, 0.3) is 0 Å². The van der Waals surface area contributed by atoms with Crippen LogP contribution in [-0.4, -0.2) is 58.9 Å². The summed E-state index contributed by atoms with van der Waals surface area (Å²) in [7, 11) is 1.26. The summed E-state index contributed by atoms with van der Waals surface area (Å²) in [5, 5.41) is 0. The van der Waals surface area contributed by atoms with Crippen molar-refractivity contribution in [2.24, 2.45) is 0 Å². The van der Waals surface area contributed by atoms with Gasteiger partial charge in [0, 0.05) is 0 Å². The van der Waals surface area contributed by atoms with Crippen LogP contribution in [0.5, 0.6) is 5.75 Å². The molecule has 2 rings (SSSR count). The van der Waals surface area contributed by atoms with E-state index < -0.39 is 53.3 Å². The van der Waals surface area contributed by atoms with Crippen molar-refractivity contribution in [3.63, 3.8) is 0 Å². The molecule has 0 aliphatic rings. The fourth-order valence-electron chi connectivity index (χ4n) is 3.86. The summed E-state index contributed by atoms with van der Waals surface area (Å²) in [5.74, 6) is -1.79. The Kier molecular flexibility index (Phi) is 11.8. The van der Waals surface area contributed by atoms with Crippen molar-refractivity contribution < 1.29 is 42.9 Å². The third-order valence-corrected chi connectivity index (χ3v) is 5.45. The van der Waals surface area contributed by atoms with E-state index in [9.17, 15) is 19.2 Å². The molecule has 1 atom stereocenters. The number of nitrogens with zero attached hydrogens (tertiary/aromatic N) is 1. The summed E-state index contributed by atoms with van der Waals surface area (Å²) in [5.41, 5.74) is -1.15. The Hall–Kier alpha value is -4.08. The van der Waals surface area contributed by atoms with E-state index in [1.807, 2.05) is 30.3 Å². The third kappa shape index (κ3) is 12.8. The molecule has 236 valence electrons. The minimum Gasteiger partial charge on any atom is -0.489 e. The minimum atomic E-state index is -1.40. The van der Waals surface area contributed by atoms with Gasteiger partial charge in [-0.1, -0.05) is 30.3 Å². The monoisotopic (exact) mass is 599 g/mol. The van der Waals surface area contributed by atoms with Gasteiger partial charge in [-0.3, -0.25) is 9.69 Å². The van der Waals surface area contributed by atoms with Crippen molar-refractivity contribution in [2.45, 2.75) is 105 Å². The molecule has 0 saturated heterocycles. The normalized spacial score (nSPS) is 12.5. The highest BCUT2D eigenvalue weighted by Crippen LogP contribution is 2.25. The Labute approximate surface area is 254 Å². The molecule has 0 aromatic heterocycles. The van der Waals surface area contributed by atoms with E-state index in [1.54, 1.807) is 68.4 Å². The van der Waals surface area contributed by atoms with Crippen LogP contribution >= 0.6 is 0 Å². The van der Waals surface area contributed by atoms with Crippen molar-refractivity contribution >= 4 is 24.0 Å². The second kappa shape index (κ2) is 14.4. The average molecular weight is 600 g/mol. The first-order valence-electron chi connectivity index (χ1n) is 14.1. The van der Waals surface area contributed by atoms with E-state index in [1.165, 1.54) is 19.2 Å². The predicted molar refractivity (Wildman–Crippen MR) is 160 cm³/mol. The molecule has 0 N–H and O–H groups in total. The first kappa shape index (κ1) is 35.1. The number of methoxy groups -OCH3 is 1. The van der Waals surface area contributed by atoms with Crippen molar-refractivity contribution in [3.8, 4) is 5.75 Å². The lowest BCUT2D eigenvalue weighted by molar-refractivity contribution is -0.168. The van der Waals surface area contributed by atoms with Crippen molar-refractivity contribution in [2.75, 3.05) is 7.11 Å². The summed E-state index contributed by atoms with van der Waals surface area (Å²) in [6.07, 6.45) is -1.35. The predicted octanol–water partition coefficient (Wildman–Crippen LogP) is 6.23. The van der Waals surface area contributed by atoms with Crippen LogP contribution in [-0.2, 0) is 41.7 Å². The number of hydrogen-bond acceptors (Lipinski definition) is 9. The number of carbonyl (C=O) groups is 4. The molecule has 1 unspecified atom stereocenters. The van der Waals surface area contributed by atoms with Crippen LogP contribution < -0.4 is 4.74 Å². The Morgan fingerprint density at radius 3 is 1.86 bits per heavy atom. The fraction of sp³-hybridized carbons (Fsp3) is 0.515. The van der Waals surface area contributed by atoms with Gasteiger partial charge in [0.2, 0.25) is 0 Å². The van der Waals surface area contributed by atoms with Gasteiger partial charge < -0.3 is 23.7 Å². The second-order valence-electron chi connectivity index (χ2n) is 13.1. The van der Waals surface area contributed by atoms with Gasteiger partial charge in [0.1, 0.15) is 35.2 Å². The topological polar surface area (TPSA) is 118 Å². The molecule has 0 spiro atoms. The molecular weight excluding hydrogens is 554 g/mol. The Morgan fingerprint density at radius 1 is 0.744 bits per heavy atom. The van der Waals surface area contributed by atoms with Crippen LogP contribution in [0.3, 0.4) is 0 Å². The van der Waals surface area contributed by atoms with Gasteiger partial charge in [-0.25, -0.2) is 14.4 Å². The summed E-state index contributed by atoms with van der Waals surface area (Å²) in [4.78, 5) is 53.8. The quantitative estimate of drug-likeness (QED) is 0.231. The number of benzene rings is 2. The van der Waals surface area contributed by atoms with Crippen LogP contribution in [0.1, 0.15) is 90.2 Å². The number of carbonyl (C=O) groups excluding carboxylic acids is 4. The Balaban J connectivity index is 2.58. The van der Waals surface area contributed by atoms with Crippen LogP contribution in [0, 0.1) is 0 Å². The molecule has 0 saturated carbocycles. The zero-order chi connectivity index (χ0) is 32.6. The molecule has 2 aromatic carbocycles. The van der Waals surface area contributed by atoms with E-state index >= 15 is 0 Å². The van der Waals surface area contributed by atoms with Gasteiger partial charge in [0.15, 0.2) is 0 Å². The van der Waals surface area contributed by atoms with Gasteiger partial charge >= 0.3 is 24.0 Å². The smallest absolute Gasteiger partial charge is 0.411 e. The Morgan fingerprint density at radius 2 is 1.33 bits per heavy atom. The molecule has 0 radical (unpaired) electrons. The van der Waals surface area contributed by atoms with E-state index in [-0.39, 0.29) is 18.7 Å². The largest absolute Gasteiger partial charge is 0.489 e. The maximum Gasteiger partial charge on any atom is 0.411 e. The van der Waals surface area contributed by atoms with E-state index in [0.717, 1.165) is 10.5 Å². The van der Waals surface area contributed by atoms with Crippen LogP contribution in [0.4, 0.5) is 4.79 Å². The molecular formula is C33H45NO9. The second-order valence-corrected chi connectivity index (χ2v) is 13.1. The first-order chi connectivity index (χ1) is 19.8. The lowest BCUT2D eigenvalue weighted by Gasteiger charge is -2.34. The standard InChI is InChI=1S/C33H45NO9/c1-31(2,3)41-27(35)19-26(29(37)42-32(4,5)6)34(30(38)43-33(7,8)9)20-23-16-24(28(36)39-10)18-25(17-23)40-21-22-14-12-11-13-15-22/h11-18,26H,19-21H2,1-10H3. The molecule has 0 heterocycles. The Bertz CT molecular complexity index is 1270. The molecule has 10 heteroatoms. The number of esters is 3. The number of amides is 1. The number of hydrogen-bond donors (Lipinski definition) is 0.